The summed E-state index contributed by atoms with van der Waals surface area (Å²) in [5.41, 5.74) is 1.12. The number of hydroxylamine groups is 2. The van der Waals surface area contributed by atoms with Crippen molar-refractivity contribution in [3.63, 3.8) is 0 Å². The smallest absolute Gasteiger partial charge is 0.0735 e. The van der Waals surface area contributed by atoms with Gasteiger partial charge < -0.3 is 4.84 Å². The van der Waals surface area contributed by atoms with Gasteiger partial charge in [-0.15, -0.1) is 24.0 Å². The van der Waals surface area contributed by atoms with Gasteiger partial charge in [-0.25, -0.2) is 0 Å². The summed E-state index contributed by atoms with van der Waals surface area (Å²) in [6.07, 6.45) is 0. The van der Waals surface area contributed by atoms with Gasteiger partial charge in [0.2, 0.25) is 0 Å². The maximum atomic E-state index is 6.16. The van der Waals surface area contributed by atoms with E-state index in [1.165, 1.54) is 0 Å². The van der Waals surface area contributed by atoms with E-state index in [0.29, 0.717) is 6.54 Å². The molecule has 1 unspecified atom stereocenters. The third kappa shape index (κ3) is 4.29. The number of hydrogen-bond acceptors (Lipinski definition) is 2. The third-order valence-corrected chi connectivity index (χ3v) is 2.28. The highest BCUT2D eigenvalue weighted by molar-refractivity contribution is 6.20. The lowest BCUT2D eigenvalue weighted by atomic mass is 10.1. The van der Waals surface area contributed by atoms with Crippen molar-refractivity contribution in [1.29, 1.82) is 0 Å². The zero-order valence-electron chi connectivity index (χ0n) is 8.31. The molecule has 2 nitrogen and oxygen atoms in total. The molecule has 0 heterocycles. The first-order valence-corrected chi connectivity index (χ1v) is 4.62. The topological polar surface area (TPSA) is 12.5 Å². The molecule has 0 amide bonds. The van der Waals surface area contributed by atoms with Crippen LogP contribution in [0.5, 0.6) is 0 Å². The van der Waals surface area contributed by atoms with Crippen LogP contribution < -0.4 is 0 Å². The molecule has 0 spiro atoms. The fourth-order valence-corrected chi connectivity index (χ4v) is 1.41. The quantitative estimate of drug-likeness (QED) is 0.588. The molecule has 4 heteroatoms. The number of halogens is 2. The van der Waals surface area contributed by atoms with Crippen LogP contribution in [0.2, 0.25) is 0 Å². The van der Waals surface area contributed by atoms with E-state index in [1.54, 1.807) is 12.2 Å². The van der Waals surface area contributed by atoms with Crippen LogP contribution in [0.1, 0.15) is 10.9 Å². The lowest BCUT2D eigenvalue weighted by molar-refractivity contribution is -0.108. The molecule has 0 fully saturated rings. The molecule has 0 saturated heterocycles. The molecule has 1 aromatic rings. The van der Waals surface area contributed by atoms with Gasteiger partial charge in [-0.3, -0.25) is 0 Å². The van der Waals surface area contributed by atoms with Gasteiger partial charge in [0, 0.05) is 13.6 Å². The molecule has 0 aromatic heterocycles. The van der Waals surface area contributed by atoms with E-state index in [2.05, 4.69) is 0 Å². The summed E-state index contributed by atoms with van der Waals surface area (Å²) >= 11 is 6.16. The fourth-order valence-electron chi connectivity index (χ4n) is 1.07. The number of benzene rings is 1. The van der Waals surface area contributed by atoms with Crippen LogP contribution in [-0.2, 0) is 4.84 Å². The maximum Gasteiger partial charge on any atom is 0.0735 e. The van der Waals surface area contributed by atoms with Gasteiger partial charge in [-0.05, 0) is 5.56 Å². The molecule has 1 atom stereocenters. The minimum absolute atomic E-state index is 0. The lowest BCUT2D eigenvalue weighted by Crippen LogP contribution is -2.21. The SMILES string of the molecule is CON(C)CC(Cl)c1ccccc1.Cl. The number of likely N-dealkylation sites (N-methyl/N-ethyl adjacent to an activating group) is 1. The Balaban J connectivity index is 0.00000169. The molecular formula is C10H15Cl2NO. The van der Waals surface area contributed by atoms with Crippen molar-refractivity contribution in [2.75, 3.05) is 20.7 Å². The van der Waals surface area contributed by atoms with Crippen molar-refractivity contribution >= 4 is 24.0 Å². The minimum Gasteiger partial charge on any atom is -0.303 e. The molecular weight excluding hydrogens is 221 g/mol. The van der Waals surface area contributed by atoms with Crippen LogP contribution >= 0.6 is 24.0 Å². The zero-order valence-corrected chi connectivity index (χ0v) is 9.89. The second-order valence-electron chi connectivity index (χ2n) is 2.87. The van der Waals surface area contributed by atoms with Crippen LogP contribution in [0.15, 0.2) is 30.3 Å². The van der Waals surface area contributed by atoms with Crippen LogP contribution in [-0.4, -0.2) is 25.8 Å². The summed E-state index contributed by atoms with van der Waals surface area (Å²) in [4.78, 5) is 4.99. The Hall–Kier alpha value is -0.280. The molecule has 0 saturated carbocycles. The summed E-state index contributed by atoms with van der Waals surface area (Å²) < 4.78 is 0. The number of rotatable bonds is 4. The largest absolute Gasteiger partial charge is 0.303 e. The van der Waals surface area contributed by atoms with Gasteiger partial charge in [0.25, 0.3) is 0 Å². The van der Waals surface area contributed by atoms with E-state index >= 15 is 0 Å². The van der Waals surface area contributed by atoms with Gasteiger partial charge >= 0.3 is 0 Å². The average molecular weight is 236 g/mol. The van der Waals surface area contributed by atoms with Crippen LogP contribution in [0, 0.1) is 0 Å². The van der Waals surface area contributed by atoms with Gasteiger partial charge in [0.15, 0.2) is 0 Å². The number of alkyl halides is 1. The molecule has 80 valence electrons. The normalized spacial score (nSPS) is 12.3. The first-order chi connectivity index (χ1) is 6.24. The van der Waals surface area contributed by atoms with Crippen molar-refractivity contribution in [3.05, 3.63) is 35.9 Å². The Morgan fingerprint density at radius 1 is 1.36 bits per heavy atom. The van der Waals surface area contributed by atoms with Crippen molar-refractivity contribution in [2.45, 2.75) is 5.38 Å². The van der Waals surface area contributed by atoms with Gasteiger partial charge in [-0.2, -0.15) is 5.06 Å². The van der Waals surface area contributed by atoms with E-state index in [4.69, 9.17) is 16.4 Å². The van der Waals surface area contributed by atoms with Crippen molar-refractivity contribution in [3.8, 4) is 0 Å². The molecule has 1 aromatic carbocycles. The monoisotopic (exact) mass is 235 g/mol. The highest BCUT2D eigenvalue weighted by Crippen LogP contribution is 2.20. The molecule has 0 radical (unpaired) electrons. The molecule has 1 rings (SSSR count). The van der Waals surface area contributed by atoms with Crippen LogP contribution in [0.4, 0.5) is 0 Å². The summed E-state index contributed by atoms with van der Waals surface area (Å²) in [5.74, 6) is 0. The van der Waals surface area contributed by atoms with Gasteiger partial charge in [-0.1, -0.05) is 30.3 Å². The Labute approximate surface area is 96.2 Å². The van der Waals surface area contributed by atoms with E-state index in [1.807, 2.05) is 37.4 Å². The Kier molecular flexibility index (Phi) is 6.93. The minimum atomic E-state index is -0.0221. The van der Waals surface area contributed by atoms with Crippen LogP contribution in [0.3, 0.4) is 0 Å². The van der Waals surface area contributed by atoms with Gasteiger partial charge in [0.05, 0.1) is 12.5 Å². The summed E-state index contributed by atoms with van der Waals surface area (Å²) in [6, 6.07) is 9.98. The Bertz CT molecular complexity index is 243. The van der Waals surface area contributed by atoms with Crippen molar-refractivity contribution < 1.29 is 4.84 Å². The first-order valence-electron chi connectivity index (χ1n) is 4.18. The average Bonchev–Trinajstić information content (AvgIpc) is 2.19. The first kappa shape index (κ1) is 13.7. The lowest BCUT2D eigenvalue weighted by Gasteiger charge is -2.17. The molecule has 0 aliphatic rings. The van der Waals surface area contributed by atoms with Crippen molar-refractivity contribution in [1.82, 2.24) is 5.06 Å². The second-order valence-corrected chi connectivity index (χ2v) is 3.40. The summed E-state index contributed by atoms with van der Waals surface area (Å²) in [6.45, 7) is 0.683. The van der Waals surface area contributed by atoms with E-state index in [9.17, 15) is 0 Å². The molecule has 14 heavy (non-hydrogen) atoms. The third-order valence-electron chi connectivity index (χ3n) is 1.89. The summed E-state index contributed by atoms with van der Waals surface area (Å²) in [7, 11) is 3.49. The zero-order chi connectivity index (χ0) is 9.68. The predicted molar refractivity (Wildman–Crippen MR) is 61.9 cm³/mol. The Morgan fingerprint density at radius 2 is 1.93 bits per heavy atom. The molecule has 0 N–H and O–H groups in total. The highest BCUT2D eigenvalue weighted by atomic mass is 35.5. The van der Waals surface area contributed by atoms with Crippen molar-refractivity contribution in [2.24, 2.45) is 0 Å². The van der Waals surface area contributed by atoms with Gasteiger partial charge in [0.1, 0.15) is 0 Å². The standard InChI is InChI=1S/C10H14ClNO.ClH/c1-12(13-2)8-10(11)9-6-4-3-5-7-9;/h3-7,10H,8H2,1-2H3;1H. The number of hydrogen-bond donors (Lipinski definition) is 0. The van der Waals surface area contributed by atoms with E-state index < -0.39 is 0 Å². The highest BCUT2D eigenvalue weighted by Gasteiger charge is 2.09. The van der Waals surface area contributed by atoms with E-state index in [-0.39, 0.29) is 17.8 Å². The molecule has 0 bridgehead atoms. The molecule has 0 aliphatic heterocycles. The molecule has 0 aliphatic carbocycles. The second kappa shape index (κ2) is 7.07. The maximum absolute atomic E-state index is 6.16. The predicted octanol–water partition coefficient (Wildman–Crippen LogP) is 2.88. The van der Waals surface area contributed by atoms with Crippen LogP contribution in [0.25, 0.3) is 0 Å². The van der Waals surface area contributed by atoms with E-state index in [0.717, 1.165) is 5.56 Å². The fraction of sp³-hybridized carbons (Fsp3) is 0.400. The number of nitrogens with zero attached hydrogens (tertiary/aromatic N) is 1. The Morgan fingerprint density at radius 3 is 2.43 bits per heavy atom. The summed E-state index contributed by atoms with van der Waals surface area (Å²) in [5, 5.41) is 1.69.